The number of rotatable bonds is 3. The van der Waals surface area contributed by atoms with Crippen LogP contribution in [0.1, 0.15) is 0 Å². The number of para-hydroxylation sites is 2. The monoisotopic (exact) mass is 225 g/mol. The van der Waals surface area contributed by atoms with Gasteiger partial charge in [-0.3, -0.25) is 9.78 Å². The van der Waals surface area contributed by atoms with Gasteiger partial charge in [0, 0.05) is 51.4 Å². The van der Waals surface area contributed by atoms with Gasteiger partial charge < -0.3 is 0 Å². The third kappa shape index (κ3) is 4.36. The number of hydrogen-bond acceptors (Lipinski definition) is 2. The first kappa shape index (κ1) is 12.7. The first-order valence-electron chi connectivity index (χ1n) is 4.40. The van der Waals surface area contributed by atoms with Gasteiger partial charge in [-0.15, -0.1) is 0 Å². The van der Waals surface area contributed by atoms with E-state index in [1.165, 1.54) is 0 Å². The minimum Gasteiger partial charge on any atom is -0.290 e. The summed E-state index contributed by atoms with van der Waals surface area (Å²) in [5.74, 6) is 1.38. The average molecular weight is 225 g/mol. The Morgan fingerprint density at radius 3 is 1.20 bits per heavy atom. The predicted octanol–water partition coefficient (Wildman–Crippen LogP) is 2.68. The van der Waals surface area contributed by atoms with Crippen molar-refractivity contribution in [2.45, 2.75) is 0 Å². The van der Waals surface area contributed by atoms with Crippen LogP contribution in [0, 0.1) is 0 Å². The van der Waals surface area contributed by atoms with Gasteiger partial charge in [0.05, 0.1) is 0 Å². The Kier molecular flexibility index (Phi) is 5.98. The van der Waals surface area contributed by atoms with Crippen molar-refractivity contribution in [1.29, 1.82) is 0 Å². The summed E-state index contributed by atoms with van der Waals surface area (Å²) in [7, 11) is 0. The van der Waals surface area contributed by atoms with Crippen molar-refractivity contribution in [2.24, 2.45) is 0 Å². The summed E-state index contributed by atoms with van der Waals surface area (Å²) in [6, 6.07) is 18.8. The summed E-state index contributed by atoms with van der Waals surface area (Å²) in [5.41, 5.74) is 0. The molecular formula is C12H10KO2. The Labute approximate surface area is 132 Å². The molecule has 0 fully saturated rings. The zero-order valence-corrected chi connectivity index (χ0v) is 11.7. The molecular weight excluding hydrogens is 215 g/mol. The van der Waals surface area contributed by atoms with Crippen molar-refractivity contribution in [2.75, 3.05) is 0 Å². The topological polar surface area (TPSA) is 18.5 Å². The summed E-state index contributed by atoms with van der Waals surface area (Å²) in [4.78, 5) is 10.2. The molecule has 0 amide bonds. The van der Waals surface area contributed by atoms with Crippen LogP contribution >= 0.6 is 0 Å². The third-order valence-electron chi connectivity index (χ3n) is 1.72. The van der Waals surface area contributed by atoms with Gasteiger partial charge in [-0.05, 0) is 24.3 Å². The van der Waals surface area contributed by atoms with Crippen molar-refractivity contribution < 1.29 is 9.78 Å². The molecule has 2 aromatic rings. The van der Waals surface area contributed by atoms with E-state index in [0.717, 1.165) is 0 Å². The summed E-state index contributed by atoms with van der Waals surface area (Å²) < 4.78 is 0. The maximum atomic E-state index is 5.09. The van der Waals surface area contributed by atoms with Crippen LogP contribution in [0.5, 0.6) is 11.5 Å². The van der Waals surface area contributed by atoms with Gasteiger partial charge in [0.25, 0.3) is 0 Å². The first-order valence-corrected chi connectivity index (χ1v) is 4.40. The van der Waals surface area contributed by atoms with Crippen molar-refractivity contribution in [3.8, 4) is 11.5 Å². The van der Waals surface area contributed by atoms with E-state index in [-0.39, 0.29) is 51.4 Å². The van der Waals surface area contributed by atoms with E-state index in [0.29, 0.717) is 11.5 Å². The van der Waals surface area contributed by atoms with Gasteiger partial charge >= 0.3 is 0 Å². The van der Waals surface area contributed by atoms with E-state index in [1.54, 1.807) is 0 Å². The molecule has 0 saturated heterocycles. The summed E-state index contributed by atoms with van der Waals surface area (Å²) >= 11 is 0. The Hall–Kier alpha value is -0.324. The van der Waals surface area contributed by atoms with E-state index in [2.05, 4.69) is 0 Å². The molecule has 0 atom stereocenters. The van der Waals surface area contributed by atoms with Gasteiger partial charge in [-0.2, -0.15) is 0 Å². The summed E-state index contributed by atoms with van der Waals surface area (Å²) in [5, 5.41) is 0. The normalized spacial score (nSPS) is 8.80. The largest absolute Gasteiger partial charge is 0.290 e. The number of benzene rings is 2. The minimum atomic E-state index is 0. The van der Waals surface area contributed by atoms with Gasteiger partial charge in [0.15, 0.2) is 11.5 Å². The molecule has 0 aliphatic rings. The van der Waals surface area contributed by atoms with Crippen molar-refractivity contribution >= 4 is 51.4 Å². The molecule has 2 rings (SSSR count). The molecule has 0 unspecified atom stereocenters. The van der Waals surface area contributed by atoms with Crippen molar-refractivity contribution in [3.63, 3.8) is 0 Å². The van der Waals surface area contributed by atoms with Crippen LogP contribution in [0.2, 0.25) is 0 Å². The second-order valence-electron chi connectivity index (χ2n) is 2.79. The van der Waals surface area contributed by atoms with E-state index in [4.69, 9.17) is 9.78 Å². The maximum absolute atomic E-state index is 5.09. The van der Waals surface area contributed by atoms with Crippen molar-refractivity contribution in [1.82, 2.24) is 0 Å². The average Bonchev–Trinajstić information content (AvgIpc) is 2.29. The molecule has 0 aromatic heterocycles. The predicted molar refractivity (Wildman–Crippen MR) is 59.9 cm³/mol. The van der Waals surface area contributed by atoms with Gasteiger partial charge in [0.2, 0.25) is 0 Å². The van der Waals surface area contributed by atoms with Gasteiger partial charge in [0.1, 0.15) is 0 Å². The first-order chi connectivity index (χ1) is 6.95. The fourth-order valence-corrected chi connectivity index (χ4v) is 1.05. The van der Waals surface area contributed by atoms with Crippen LogP contribution in [0.4, 0.5) is 0 Å². The molecule has 0 N–H and O–H groups in total. The smallest absolute Gasteiger partial charge is 0.178 e. The summed E-state index contributed by atoms with van der Waals surface area (Å²) in [6.45, 7) is 0. The van der Waals surface area contributed by atoms with Gasteiger partial charge in [-0.25, -0.2) is 0 Å². The molecule has 0 bridgehead atoms. The van der Waals surface area contributed by atoms with Crippen molar-refractivity contribution in [3.05, 3.63) is 60.7 Å². The van der Waals surface area contributed by atoms with Gasteiger partial charge in [-0.1, -0.05) is 36.4 Å². The molecule has 0 spiro atoms. The van der Waals surface area contributed by atoms with E-state index in [1.807, 2.05) is 60.7 Å². The van der Waals surface area contributed by atoms with E-state index in [9.17, 15) is 0 Å². The van der Waals surface area contributed by atoms with Crippen LogP contribution in [-0.2, 0) is 0 Å². The molecule has 3 heteroatoms. The Morgan fingerprint density at radius 2 is 0.867 bits per heavy atom. The maximum Gasteiger partial charge on any atom is 0.178 e. The molecule has 0 heterocycles. The van der Waals surface area contributed by atoms with Crippen LogP contribution in [0.15, 0.2) is 60.7 Å². The second-order valence-corrected chi connectivity index (χ2v) is 2.79. The molecule has 2 aromatic carbocycles. The SMILES string of the molecule is [K].c1ccc(OOc2ccccc2)cc1. The van der Waals surface area contributed by atoms with Crippen LogP contribution < -0.4 is 9.78 Å². The number of hydrogen-bond donors (Lipinski definition) is 0. The minimum absolute atomic E-state index is 0. The fraction of sp³-hybridized carbons (Fsp3) is 0. The molecule has 0 saturated carbocycles. The van der Waals surface area contributed by atoms with E-state index >= 15 is 0 Å². The third-order valence-corrected chi connectivity index (χ3v) is 1.72. The fourth-order valence-electron chi connectivity index (χ4n) is 1.05. The Balaban J connectivity index is 0.00000112. The molecule has 15 heavy (non-hydrogen) atoms. The molecule has 0 aliphatic carbocycles. The summed E-state index contributed by atoms with van der Waals surface area (Å²) in [6.07, 6.45) is 0. The quantitative estimate of drug-likeness (QED) is 0.454. The Bertz CT molecular complexity index is 336. The molecule has 0 aliphatic heterocycles. The van der Waals surface area contributed by atoms with Crippen LogP contribution in [0.3, 0.4) is 0 Å². The van der Waals surface area contributed by atoms with E-state index < -0.39 is 0 Å². The van der Waals surface area contributed by atoms with Crippen LogP contribution in [0.25, 0.3) is 0 Å². The van der Waals surface area contributed by atoms with Crippen LogP contribution in [-0.4, -0.2) is 51.4 Å². The Morgan fingerprint density at radius 1 is 0.533 bits per heavy atom. The molecule has 1 radical (unpaired) electrons. The zero-order valence-electron chi connectivity index (χ0n) is 8.59. The molecule has 71 valence electrons. The second kappa shape index (κ2) is 7.03. The standard InChI is InChI=1S/C12H10O2.K/c1-3-7-11(8-4-1)13-14-12-9-5-2-6-10-12;/h1-10H;. The zero-order chi connectivity index (χ0) is 9.64. The molecule has 2 nitrogen and oxygen atoms in total.